The number of nitrogens with zero attached hydrogens (tertiary/aromatic N) is 3. The zero-order valence-electron chi connectivity index (χ0n) is 12.2. The fourth-order valence-electron chi connectivity index (χ4n) is 2.45. The fraction of sp³-hybridized carbons (Fsp3) is 0. The lowest BCUT2D eigenvalue weighted by molar-refractivity contribution is 0.483. The summed E-state index contributed by atoms with van der Waals surface area (Å²) >= 11 is 0. The third-order valence-corrected chi connectivity index (χ3v) is 3.56. The number of anilines is 1. The van der Waals surface area contributed by atoms with Gasteiger partial charge in [-0.1, -0.05) is 30.3 Å². The van der Waals surface area contributed by atoms with Gasteiger partial charge < -0.3 is 20.7 Å². The predicted octanol–water partition coefficient (Wildman–Crippen LogP) is 3.63. The van der Waals surface area contributed by atoms with E-state index >= 15 is 0 Å². The molecule has 0 radical (unpaired) electrons. The summed E-state index contributed by atoms with van der Waals surface area (Å²) in [4.78, 5) is 4.11. The van der Waals surface area contributed by atoms with E-state index in [1.807, 2.05) is 54.6 Å². The van der Waals surface area contributed by atoms with E-state index in [9.17, 15) is 0 Å². The second kappa shape index (κ2) is 5.46. The first kappa shape index (κ1) is 13.3. The van der Waals surface area contributed by atoms with Gasteiger partial charge in [0.05, 0.1) is 5.52 Å². The number of pyridine rings is 1. The Bertz CT molecular complexity index is 946. The van der Waals surface area contributed by atoms with Crippen molar-refractivity contribution < 1.29 is 4.74 Å². The minimum Gasteiger partial charge on any atom is -0.574 e. The van der Waals surface area contributed by atoms with Crippen molar-refractivity contribution in [2.24, 2.45) is 0 Å². The molecule has 0 aliphatic rings. The highest BCUT2D eigenvalue weighted by atomic mass is 16.5. The van der Waals surface area contributed by atoms with Gasteiger partial charge in [0.15, 0.2) is 0 Å². The molecule has 0 spiro atoms. The van der Waals surface area contributed by atoms with Crippen LogP contribution < -0.4 is 15.6 Å². The van der Waals surface area contributed by atoms with Crippen molar-refractivity contribution in [1.82, 2.24) is 15.2 Å². The van der Waals surface area contributed by atoms with Crippen LogP contribution in [0.1, 0.15) is 0 Å². The van der Waals surface area contributed by atoms with Gasteiger partial charge in [-0.3, -0.25) is 0 Å². The van der Waals surface area contributed by atoms with Crippen LogP contribution in [0.2, 0.25) is 0 Å². The number of para-hydroxylation sites is 1. The first-order valence-electron chi connectivity index (χ1n) is 7.18. The van der Waals surface area contributed by atoms with E-state index in [1.54, 1.807) is 12.3 Å². The quantitative estimate of drug-likeness (QED) is 0.625. The van der Waals surface area contributed by atoms with E-state index in [0.717, 1.165) is 33.7 Å². The Morgan fingerprint density at radius 2 is 1.61 bits per heavy atom. The van der Waals surface area contributed by atoms with Gasteiger partial charge in [-0.15, -0.1) is 5.69 Å². The van der Waals surface area contributed by atoms with Gasteiger partial charge >= 0.3 is 0 Å². The lowest BCUT2D eigenvalue weighted by Crippen LogP contribution is -1.91. The Morgan fingerprint density at radius 1 is 0.870 bits per heavy atom. The monoisotopic (exact) mass is 301 g/mol. The van der Waals surface area contributed by atoms with Crippen molar-refractivity contribution in [3.8, 4) is 22.8 Å². The van der Waals surface area contributed by atoms with Crippen molar-refractivity contribution in [1.29, 1.82) is 0 Å². The molecule has 5 nitrogen and oxygen atoms in total. The van der Waals surface area contributed by atoms with Crippen molar-refractivity contribution in [3.63, 3.8) is 0 Å². The summed E-state index contributed by atoms with van der Waals surface area (Å²) in [7, 11) is 0. The van der Waals surface area contributed by atoms with Crippen LogP contribution in [0.15, 0.2) is 66.9 Å². The molecule has 0 bridgehead atoms. The third kappa shape index (κ3) is 2.48. The van der Waals surface area contributed by atoms with Crippen LogP contribution in [0, 0.1) is 0 Å². The van der Waals surface area contributed by atoms with Crippen LogP contribution >= 0.6 is 0 Å². The van der Waals surface area contributed by atoms with E-state index < -0.39 is 0 Å². The van der Waals surface area contributed by atoms with Crippen molar-refractivity contribution in [3.05, 3.63) is 66.9 Å². The molecule has 0 aliphatic carbocycles. The second-order valence-electron chi connectivity index (χ2n) is 5.08. The van der Waals surface area contributed by atoms with Gasteiger partial charge in [0.2, 0.25) is 0 Å². The molecule has 0 saturated heterocycles. The van der Waals surface area contributed by atoms with Crippen LogP contribution in [0.3, 0.4) is 0 Å². The maximum Gasteiger partial charge on any atom is 0.131 e. The van der Waals surface area contributed by atoms with Gasteiger partial charge in [-0.05, 0) is 35.9 Å². The first-order valence-corrected chi connectivity index (χ1v) is 7.18. The van der Waals surface area contributed by atoms with Gasteiger partial charge in [-0.25, -0.2) is 4.98 Å². The molecule has 2 aromatic heterocycles. The van der Waals surface area contributed by atoms with Gasteiger partial charge in [-0.2, -0.15) is 0 Å². The highest BCUT2D eigenvalue weighted by Crippen LogP contribution is 2.30. The molecule has 2 N–H and O–H groups in total. The molecular weight excluding hydrogens is 288 g/mol. The number of benzene rings is 2. The molecule has 0 saturated carbocycles. The molecule has 0 unspecified atom stereocenters. The number of ether oxygens (including phenoxy) is 1. The van der Waals surface area contributed by atoms with E-state index in [0.29, 0.717) is 5.82 Å². The molecule has 23 heavy (non-hydrogen) atoms. The highest BCUT2D eigenvalue weighted by molar-refractivity contribution is 5.99. The molecule has 0 fully saturated rings. The van der Waals surface area contributed by atoms with Crippen LogP contribution in [-0.4, -0.2) is 10.1 Å². The minimum atomic E-state index is 0.437. The predicted molar refractivity (Wildman–Crippen MR) is 89.2 cm³/mol. The molecule has 4 aromatic rings. The number of fused-ring (bicyclic) bond motifs is 1. The van der Waals surface area contributed by atoms with Gasteiger partial charge in [0, 0.05) is 11.6 Å². The summed E-state index contributed by atoms with van der Waals surface area (Å²) in [6.45, 7) is 0. The van der Waals surface area contributed by atoms with Crippen molar-refractivity contribution in [2.45, 2.75) is 0 Å². The Morgan fingerprint density at radius 3 is 2.39 bits per heavy atom. The van der Waals surface area contributed by atoms with Gasteiger partial charge in [0.1, 0.15) is 17.3 Å². The Hall–Kier alpha value is -3.34. The molecule has 2 heterocycles. The molecule has 0 amide bonds. The van der Waals surface area contributed by atoms with Gasteiger partial charge in [0.25, 0.3) is 0 Å². The Balaban J connectivity index is 1.67. The van der Waals surface area contributed by atoms with E-state index in [1.165, 1.54) is 0 Å². The number of rotatable bonds is 3. The zero-order chi connectivity index (χ0) is 15.6. The van der Waals surface area contributed by atoms with Crippen LogP contribution in [0.25, 0.3) is 22.2 Å². The summed E-state index contributed by atoms with van der Waals surface area (Å²) in [6, 6.07) is 19.1. The lowest BCUT2D eigenvalue weighted by Gasteiger charge is -2.10. The Labute approximate surface area is 132 Å². The number of hydrogen-bond donors (Lipinski definition) is 1. The molecule has 2 aromatic carbocycles. The normalized spacial score (nSPS) is 10.8. The van der Waals surface area contributed by atoms with Crippen molar-refractivity contribution in [2.75, 3.05) is 5.73 Å². The summed E-state index contributed by atoms with van der Waals surface area (Å²) < 4.78 is 5.79. The van der Waals surface area contributed by atoms with Crippen LogP contribution in [-0.2, 0) is 0 Å². The molecular formula is C18H13N4O-. The maximum atomic E-state index is 5.96. The molecule has 112 valence electrons. The Kier molecular flexibility index (Phi) is 3.16. The van der Waals surface area contributed by atoms with E-state index in [-0.39, 0.29) is 0 Å². The number of nitrogens with two attached hydrogens (primary N) is 1. The summed E-state index contributed by atoms with van der Waals surface area (Å²) in [6.07, 6.45) is 1.63. The molecule has 5 heteroatoms. The average Bonchev–Trinajstić information content (AvgIpc) is 3.02. The average molecular weight is 301 g/mol. The maximum absolute atomic E-state index is 5.96. The zero-order valence-corrected chi connectivity index (χ0v) is 12.2. The summed E-state index contributed by atoms with van der Waals surface area (Å²) in [5.74, 6) is 1.99. The van der Waals surface area contributed by atoms with Crippen LogP contribution in [0.5, 0.6) is 11.5 Å². The SMILES string of the molecule is Nc1nccc2n[n-]c(-c3ccc(Oc4ccccc4)cc3)c12. The van der Waals surface area contributed by atoms with Crippen LogP contribution in [0.4, 0.5) is 5.82 Å². The van der Waals surface area contributed by atoms with E-state index in [2.05, 4.69) is 15.2 Å². The standard InChI is InChI=1S/C18H13N4O/c19-18-16-15(10-11-20-18)21-22-17(16)12-6-8-14(9-7-12)23-13-4-2-1-3-5-13/h1-11H,(H2-,19,20,21,22)/q-1. The first-order chi connectivity index (χ1) is 11.3. The van der Waals surface area contributed by atoms with E-state index in [4.69, 9.17) is 10.5 Å². The number of hydrogen-bond acceptors (Lipinski definition) is 4. The summed E-state index contributed by atoms with van der Waals surface area (Å²) in [5.41, 5.74) is 8.36. The third-order valence-electron chi connectivity index (χ3n) is 3.56. The highest BCUT2D eigenvalue weighted by Gasteiger charge is 2.05. The number of nitrogen functional groups attached to an aromatic ring is 1. The molecule has 4 rings (SSSR count). The topological polar surface area (TPSA) is 75.1 Å². The number of aromatic nitrogens is 3. The second-order valence-corrected chi connectivity index (χ2v) is 5.08. The minimum absolute atomic E-state index is 0.437. The molecule has 0 aliphatic heterocycles. The largest absolute Gasteiger partial charge is 0.574 e. The lowest BCUT2D eigenvalue weighted by atomic mass is 10.1. The van der Waals surface area contributed by atoms with Crippen molar-refractivity contribution >= 4 is 16.7 Å². The fourth-order valence-corrected chi connectivity index (χ4v) is 2.45. The molecule has 0 atom stereocenters. The summed E-state index contributed by atoms with van der Waals surface area (Å²) in [5, 5.41) is 9.16. The smallest absolute Gasteiger partial charge is 0.131 e.